The Morgan fingerprint density at radius 1 is 1.16 bits per heavy atom. The van der Waals surface area contributed by atoms with Crippen LogP contribution in [0.15, 0.2) is 29.2 Å². The number of piperidine rings is 1. The van der Waals surface area contributed by atoms with Gasteiger partial charge in [0.05, 0.1) is 30.6 Å². The van der Waals surface area contributed by atoms with Crippen molar-refractivity contribution in [1.82, 2.24) is 9.21 Å². The average molecular weight is 455 g/mol. The largest absolute Gasteiger partial charge is 0.494 e. The fourth-order valence-corrected chi connectivity index (χ4v) is 5.64. The lowest BCUT2D eigenvalue weighted by Gasteiger charge is -2.39. The Hall–Kier alpha value is -2.17. The topological polar surface area (TPSA) is 113 Å². The molecule has 2 heterocycles. The Morgan fingerprint density at radius 2 is 1.84 bits per heavy atom. The summed E-state index contributed by atoms with van der Waals surface area (Å²) in [6.45, 7) is 4.20. The highest BCUT2D eigenvalue weighted by molar-refractivity contribution is 7.89. The summed E-state index contributed by atoms with van der Waals surface area (Å²) in [7, 11) is -4.09. The molecule has 2 unspecified atom stereocenters. The minimum atomic E-state index is -4.09. The van der Waals surface area contributed by atoms with Gasteiger partial charge < -0.3 is 19.5 Å². The first-order chi connectivity index (χ1) is 14.9. The van der Waals surface area contributed by atoms with Crippen molar-refractivity contribution in [3.05, 3.63) is 24.3 Å². The Kier molecular flexibility index (Phi) is 7.90. The van der Waals surface area contributed by atoms with Crippen LogP contribution in [0.4, 0.5) is 0 Å². The number of benzene rings is 1. The molecule has 1 N–H and O–H groups in total. The van der Waals surface area contributed by atoms with Gasteiger partial charge in [-0.2, -0.15) is 4.31 Å². The van der Waals surface area contributed by atoms with E-state index in [-0.39, 0.29) is 17.3 Å². The van der Waals surface area contributed by atoms with Crippen LogP contribution in [-0.2, 0) is 24.3 Å². The van der Waals surface area contributed by atoms with Gasteiger partial charge in [-0.25, -0.2) is 8.42 Å². The van der Waals surface area contributed by atoms with Crippen molar-refractivity contribution in [2.45, 2.75) is 43.5 Å². The highest BCUT2D eigenvalue weighted by Crippen LogP contribution is 2.31. The highest BCUT2D eigenvalue weighted by atomic mass is 32.2. The Morgan fingerprint density at radius 3 is 2.45 bits per heavy atom. The molecule has 0 aromatic heterocycles. The van der Waals surface area contributed by atoms with Crippen molar-refractivity contribution >= 4 is 21.9 Å². The van der Waals surface area contributed by atoms with Gasteiger partial charge in [0.25, 0.3) is 0 Å². The zero-order valence-electron chi connectivity index (χ0n) is 17.7. The highest BCUT2D eigenvalue weighted by Gasteiger charge is 2.47. The van der Waals surface area contributed by atoms with E-state index in [4.69, 9.17) is 9.47 Å². The standard InChI is InChI=1S/C21H30N2O7S/c1-2-3-13-30-16-6-8-17(9-7-16)31(27,28)23-10-4-5-18(19(23)21(25)26)20(24)22-11-14-29-15-12-22/h6-9,18-19H,2-5,10-15H2,1H3,(H,25,26). The molecular weight excluding hydrogens is 424 g/mol. The second kappa shape index (κ2) is 10.4. The molecule has 2 aliphatic rings. The monoisotopic (exact) mass is 454 g/mol. The summed E-state index contributed by atoms with van der Waals surface area (Å²) < 4.78 is 38.4. The van der Waals surface area contributed by atoms with Gasteiger partial charge in [-0.1, -0.05) is 13.3 Å². The zero-order chi connectivity index (χ0) is 22.4. The first kappa shape index (κ1) is 23.5. The van der Waals surface area contributed by atoms with E-state index in [1.54, 1.807) is 17.0 Å². The number of rotatable bonds is 8. The van der Waals surface area contributed by atoms with Crippen LogP contribution in [0.2, 0.25) is 0 Å². The van der Waals surface area contributed by atoms with Gasteiger partial charge in [-0.05, 0) is 43.5 Å². The predicted molar refractivity (Wildman–Crippen MR) is 112 cm³/mol. The van der Waals surface area contributed by atoms with E-state index in [0.29, 0.717) is 51.5 Å². The molecule has 2 atom stereocenters. The summed E-state index contributed by atoms with van der Waals surface area (Å²) >= 11 is 0. The number of sulfonamides is 1. The number of aliphatic carboxylic acids is 1. The summed E-state index contributed by atoms with van der Waals surface area (Å²) in [6, 6.07) is 4.54. The van der Waals surface area contributed by atoms with Crippen LogP contribution in [0.5, 0.6) is 5.75 Å². The van der Waals surface area contributed by atoms with Gasteiger partial charge >= 0.3 is 5.97 Å². The molecule has 2 fully saturated rings. The molecule has 9 nitrogen and oxygen atoms in total. The number of nitrogens with zero attached hydrogens (tertiary/aromatic N) is 2. The first-order valence-electron chi connectivity index (χ1n) is 10.7. The van der Waals surface area contributed by atoms with Crippen LogP contribution in [0.3, 0.4) is 0 Å². The van der Waals surface area contributed by atoms with E-state index in [2.05, 4.69) is 0 Å². The normalized spacial score (nSPS) is 22.8. The summed E-state index contributed by atoms with van der Waals surface area (Å²) in [5.74, 6) is -2.00. The third kappa shape index (κ3) is 5.36. The number of carbonyl (C=O) groups is 2. The van der Waals surface area contributed by atoms with E-state index in [1.807, 2.05) is 6.92 Å². The number of morpholine rings is 1. The molecule has 172 valence electrons. The Balaban J connectivity index is 1.81. The third-order valence-electron chi connectivity index (χ3n) is 5.67. The van der Waals surface area contributed by atoms with Crippen LogP contribution in [0.25, 0.3) is 0 Å². The minimum absolute atomic E-state index is 0.0129. The van der Waals surface area contributed by atoms with Crippen LogP contribution in [0.1, 0.15) is 32.6 Å². The van der Waals surface area contributed by atoms with Gasteiger partial charge in [0.2, 0.25) is 15.9 Å². The van der Waals surface area contributed by atoms with Crippen molar-refractivity contribution in [2.24, 2.45) is 5.92 Å². The zero-order valence-corrected chi connectivity index (χ0v) is 18.6. The lowest BCUT2D eigenvalue weighted by atomic mass is 9.89. The molecule has 10 heteroatoms. The van der Waals surface area contributed by atoms with Gasteiger partial charge in [0.15, 0.2) is 0 Å². The molecule has 2 saturated heterocycles. The molecule has 1 amide bonds. The number of ether oxygens (including phenoxy) is 2. The summed E-state index contributed by atoms with van der Waals surface area (Å²) in [5.41, 5.74) is 0. The molecular formula is C21H30N2O7S. The van der Waals surface area contributed by atoms with Crippen LogP contribution >= 0.6 is 0 Å². The van der Waals surface area contributed by atoms with Crippen molar-refractivity contribution in [1.29, 1.82) is 0 Å². The number of hydrogen-bond acceptors (Lipinski definition) is 6. The van der Waals surface area contributed by atoms with E-state index < -0.39 is 28.0 Å². The molecule has 0 radical (unpaired) electrons. The van der Waals surface area contributed by atoms with Crippen LogP contribution < -0.4 is 4.74 Å². The number of carboxylic acids is 1. The van der Waals surface area contributed by atoms with Gasteiger partial charge in [-0.3, -0.25) is 9.59 Å². The smallest absolute Gasteiger partial charge is 0.322 e. The second-order valence-electron chi connectivity index (χ2n) is 7.76. The number of carbonyl (C=O) groups excluding carboxylic acids is 1. The summed E-state index contributed by atoms with van der Waals surface area (Å²) in [5, 5.41) is 9.88. The van der Waals surface area contributed by atoms with E-state index in [1.165, 1.54) is 12.1 Å². The number of hydrogen-bond donors (Lipinski definition) is 1. The summed E-state index contributed by atoms with van der Waals surface area (Å²) in [4.78, 5) is 26.7. The maximum absolute atomic E-state index is 13.3. The van der Waals surface area contributed by atoms with Crippen molar-refractivity contribution in [2.75, 3.05) is 39.5 Å². The lowest BCUT2D eigenvalue weighted by molar-refractivity contribution is -0.153. The fraction of sp³-hybridized carbons (Fsp3) is 0.619. The predicted octanol–water partition coefficient (Wildman–Crippen LogP) is 1.58. The molecule has 0 aliphatic carbocycles. The quantitative estimate of drug-likeness (QED) is 0.593. The molecule has 0 saturated carbocycles. The number of unbranched alkanes of at least 4 members (excludes halogenated alkanes) is 1. The Bertz CT molecular complexity index is 866. The minimum Gasteiger partial charge on any atom is -0.494 e. The van der Waals surface area contributed by atoms with Crippen LogP contribution in [-0.4, -0.2) is 80.1 Å². The van der Waals surface area contributed by atoms with Gasteiger partial charge in [0, 0.05) is 19.6 Å². The van der Waals surface area contributed by atoms with E-state index >= 15 is 0 Å². The van der Waals surface area contributed by atoms with Crippen molar-refractivity contribution < 1.29 is 32.6 Å². The maximum Gasteiger partial charge on any atom is 0.322 e. The van der Waals surface area contributed by atoms with Crippen molar-refractivity contribution in [3.8, 4) is 5.75 Å². The molecule has 1 aromatic rings. The van der Waals surface area contributed by atoms with Crippen LogP contribution in [0, 0.1) is 5.92 Å². The fourth-order valence-electron chi connectivity index (χ4n) is 3.98. The Labute approximate surface area is 183 Å². The lowest BCUT2D eigenvalue weighted by Crippen LogP contribution is -2.57. The third-order valence-corrected chi connectivity index (χ3v) is 7.57. The van der Waals surface area contributed by atoms with Crippen molar-refractivity contribution in [3.63, 3.8) is 0 Å². The number of carboxylic acid groups (broad SMARTS) is 1. The molecule has 0 bridgehead atoms. The van der Waals surface area contributed by atoms with E-state index in [0.717, 1.165) is 17.1 Å². The van der Waals surface area contributed by atoms with E-state index in [9.17, 15) is 23.1 Å². The number of amides is 1. The molecule has 0 spiro atoms. The molecule has 1 aromatic carbocycles. The molecule has 31 heavy (non-hydrogen) atoms. The molecule has 3 rings (SSSR count). The van der Waals surface area contributed by atoms with Gasteiger partial charge in [0.1, 0.15) is 11.8 Å². The van der Waals surface area contributed by atoms with Gasteiger partial charge in [-0.15, -0.1) is 0 Å². The second-order valence-corrected chi connectivity index (χ2v) is 9.65. The maximum atomic E-state index is 13.3. The average Bonchev–Trinajstić information content (AvgIpc) is 2.79. The first-order valence-corrected chi connectivity index (χ1v) is 12.1. The SMILES string of the molecule is CCCCOc1ccc(S(=O)(=O)N2CCCC(C(=O)N3CCOCC3)C2C(=O)O)cc1. The summed E-state index contributed by atoms with van der Waals surface area (Å²) in [6.07, 6.45) is 2.64. The molecule has 2 aliphatic heterocycles.